The molecule has 1 fully saturated rings. The number of alkyl halides is 3. The Morgan fingerprint density at radius 2 is 1.70 bits per heavy atom. The predicted molar refractivity (Wildman–Crippen MR) is 85.2 cm³/mol. The normalized spacial score (nSPS) is 21.9. The second kappa shape index (κ2) is 5.90. The smallest absolute Gasteiger partial charge is 0.381 e. The number of rotatable bonds is 2. The highest BCUT2D eigenvalue weighted by Gasteiger charge is 2.56. The molecule has 2 aromatic rings. The lowest BCUT2D eigenvalue weighted by molar-refractivity contribution is -0.137. The molecule has 0 aliphatic carbocycles. The number of halogens is 4. The van der Waals surface area contributed by atoms with E-state index in [2.05, 4.69) is 5.16 Å². The molecule has 1 saturated heterocycles. The standard InChI is InChI=1S/C18H10F4N2O3/c19-11-6-4-9(5-7-11)14-13-15(27-23-14)17(26)24(16(13)25)12-3-1-2-10(8-12)18(20,21)22/h1-8,13,15H/t13-,15+/m1/s1. The molecule has 2 heterocycles. The van der Waals surface area contributed by atoms with Crippen LogP contribution < -0.4 is 4.90 Å². The van der Waals surface area contributed by atoms with Gasteiger partial charge in [0.15, 0.2) is 0 Å². The van der Waals surface area contributed by atoms with Crippen LogP contribution in [-0.2, 0) is 20.6 Å². The van der Waals surface area contributed by atoms with Crippen LogP contribution >= 0.6 is 0 Å². The van der Waals surface area contributed by atoms with Gasteiger partial charge in [0, 0.05) is 5.56 Å². The Kier molecular flexibility index (Phi) is 3.76. The van der Waals surface area contributed by atoms with Gasteiger partial charge < -0.3 is 4.84 Å². The molecular weight excluding hydrogens is 368 g/mol. The fraction of sp³-hybridized carbons (Fsp3) is 0.167. The Morgan fingerprint density at radius 3 is 2.37 bits per heavy atom. The van der Waals surface area contributed by atoms with E-state index in [-0.39, 0.29) is 11.4 Å². The van der Waals surface area contributed by atoms with E-state index in [4.69, 9.17) is 4.84 Å². The maximum atomic E-state index is 13.1. The molecule has 0 unspecified atom stereocenters. The maximum Gasteiger partial charge on any atom is 0.416 e. The second-order valence-electron chi connectivity index (χ2n) is 6.05. The number of hydrogen-bond acceptors (Lipinski definition) is 4. The summed E-state index contributed by atoms with van der Waals surface area (Å²) in [5, 5.41) is 3.75. The van der Waals surface area contributed by atoms with Crippen molar-refractivity contribution in [2.24, 2.45) is 11.1 Å². The van der Waals surface area contributed by atoms with Crippen molar-refractivity contribution in [1.82, 2.24) is 0 Å². The summed E-state index contributed by atoms with van der Waals surface area (Å²) in [5.41, 5.74) is -0.661. The van der Waals surface area contributed by atoms with Crippen molar-refractivity contribution in [1.29, 1.82) is 0 Å². The number of anilines is 1. The summed E-state index contributed by atoms with van der Waals surface area (Å²) in [7, 11) is 0. The molecule has 0 N–H and O–H groups in total. The number of benzene rings is 2. The molecule has 0 aromatic heterocycles. The second-order valence-corrected chi connectivity index (χ2v) is 6.05. The predicted octanol–water partition coefficient (Wildman–Crippen LogP) is 3.14. The van der Waals surface area contributed by atoms with E-state index < -0.39 is 41.4 Å². The van der Waals surface area contributed by atoms with Gasteiger partial charge in [-0.3, -0.25) is 9.59 Å². The summed E-state index contributed by atoms with van der Waals surface area (Å²) in [6.07, 6.45) is -5.87. The molecule has 5 nitrogen and oxygen atoms in total. The number of carbonyl (C=O) groups excluding carboxylic acids is 2. The molecule has 0 radical (unpaired) electrons. The number of nitrogens with zero attached hydrogens (tertiary/aromatic N) is 2. The van der Waals surface area contributed by atoms with Gasteiger partial charge >= 0.3 is 6.18 Å². The summed E-state index contributed by atoms with van der Waals surface area (Å²) in [6.45, 7) is 0. The van der Waals surface area contributed by atoms with Gasteiger partial charge in [0.05, 0.1) is 11.3 Å². The van der Waals surface area contributed by atoms with Crippen LogP contribution in [0.1, 0.15) is 11.1 Å². The van der Waals surface area contributed by atoms with Crippen molar-refractivity contribution in [2.45, 2.75) is 12.3 Å². The van der Waals surface area contributed by atoms with Crippen molar-refractivity contribution in [3.05, 3.63) is 65.5 Å². The lowest BCUT2D eigenvalue weighted by atomic mass is 9.94. The van der Waals surface area contributed by atoms with Crippen molar-refractivity contribution >= 4 is 23.2 Å². The van der Waals surface area contributed by atoms with Gasteiger partial charge in [0.2, 0.25) is 12.0 Å². The minimum absolute atomic E-state index is 0.132. The highest BCUT2D eigenvalue weighted by atomic mass is 19.4. The fourth-order valence-corrected chi connectivity index (χ4v) is 3.11. The Balaban J connectivity index is 1.69. The molecule has 2 aliphatic rings. The molecule has 2 atom stereocenters. The van der Waals surface area contributed by atoms with E-state index in [1.165, 1.54) is 18.2 Å². The molecule has 0 bridgehead atoms. The SMILES string of the molecule is O=C1[C@@H]2C(c3ccc(F)cc3)=NO[C@@H]2C(=O)N1c1cccc(C(F)(F)F)c1. The molecule has 0 spiro atoms. The monoisotopic (exact) mass is 378 g/mol. The number of fused-ring (bicyclic) bond motifs is 1. The maximum absolute atomic E-state index is 13.1. The lowest BCUT2D eigenvalue weighted by Gasteiger charge is -2.17. The first kappa shape index (κ1) is 17.2. The number of hydrogen-bond donors (Lipinski definition) is 0. The minimum atomic E-state index is -4.62. The summed E-state index contributed by atoms with van der Waals surface area (Å²) in [4.78, 5) is 31.1. The summed E-state index contributed by atoms with van der Waals surface area (Å²) < 4.78 is 51.9. The highest BCUT2D eigenvalue weighted by Crippen LogP contribution is 2.37. The van der Waals surface area contributed by atoms with Gasteiger partial charge in [0.25, 0.3) is 5.91 Å². The van der Waals surface area contributed by atoms with Crippen LogP contribution in [0.25, 0.3) is 0 Å². The van der Waals surface area contributed by atoms with Crippen LogP contribution in [0.5, 0.6) is 0 Å². The fourth-order valence-electron chi connectivity index (χ4n) is 3.11. The van der Waals surface area contributed by atoms with Gasteiger partial charge in [-0.15, -0.1) is 0 Å². The molecule has 138 valence electrons. The number of oxime groups is 1. The Hall–Kier alpha value is -3.23. The van der Waals surface area contributed by atoms with Crippen LogP contribution in [-0.4, -0.2) is 23.6 Å². The molecule has 4 rings (SSSR count). The Bertz CT molecular complexity index is 969. The van der Waals surface area contributed by atoms with E-state index in [9.17, 15) is 27.2 Å². The van der Waals surface area contributed by atoms with E-state index in [1.54, 1.807) is 0 Å². The minimum Gasteiger partial charge on any atom is -0.381 e. The molecule has 2 amide bonds. The van der Waals surface area contributed by atoms with Gasteiger partial charge in [-0.05, 0) is 30.3 Å². The van der Waals surface area contributed by atoms with Crippen LogP contribution in [0, 0.1) is 11.7 Å². The van der Waals surface area contributed by atoms with E-state index in [0.29, 0.717) is 10.5 Å². The molecule has 9 heteroatoms. The summed E-state index contributed by atoms with van der Waals surface area (Å²) in [5.74, 6) is -3.14. The molecule has 2 aromatic carbocycles. The largest absolute Gasteiger partial charge is 0.416 e. The van der Waals surface area contributed by atoms with Crippen molar-refractivity contribution in [3.63, 3.8) is 0 Å². The van der Waals surface area contributed by atoms with E-state index >= 15 is 0 Å². The van der Waals surface area contributed by atoms with Crippen LogP contribution in [0.3, 0.4) is 0 Å². The zero-order chi connectivity index (χ0) is 19.3. The first-order valence-electron chi connectivity index (χ1n) is 7.82. The molecule has 2 aliphatic heterocycles. The average Bonchev–Trinajstić information content (AvgIpc) is 3.16. The van der Waals surface area contributed by atoms with Crippen LogP contribution in [0.4, 0.5) is 23.2 Å². The van der Waals surface area contributed by atoms with E-state index in [0.717, 1.165) is 30.3 Å². The lowest BCUT2D eigenvalue weighted by Crippen LogP contribution is -2.33. The molecule has 0 saturated carbocycles. The zero-order valence-corrected chi connectivity index (χ0v) is 13.4. The van der Waals surface area contributed by atoms with E-state index in [1.807, 2.05) is 0 Å². The third kappa shape index (κ3) is 2.75. The summed E-state index contributed by atoms with van der Waals surface area (Å²) in [6, 6.07) is 9.01. The summed E-state index contributed by atoms with van der Waals surface area (Å²) >= 11 is 0. The van der Waals surface area contributed by atoms with Crippen molar-refractivity contribution in [3.8, 4) is 0 Å². The average molecular weight is 378 g/mol. The Morgan fingerprint density at radius 1 is 1.00 bits per heavy atom. The van der Waals surface area contributed by atoms with Crippen molar-refractivity contribution in [2.75, 3.05) is 4.90 Å². The van der Waals surface area contributed by atoms with Crippen LogP contribution in [0.15, 0.2) is 53.7 Å². The van der Waals surface area contributed by atoms with Crippen LogP contribution in [0.2, 0.25) is 0 Å². The van der Waals surface area contributed by atoms with Gasteiger partial charge in [0.1, 0.15) is 17.4 Å². The van der Waals surface area contributed by atoms with Crippen molar-refractivity contribution < 1.29 is 32.0 Å². The quantitative estimate of drug-likeness (QED) is 0.596. The third-order valence-corrected chi connectivity index (χ3v) is 4.38. The number of amides is 2. The Labute approximate surface area is 149 Å². The molecule has 27 heavy (non-hydrogen) atoms. The molecular formula is C18H10F4N2O3. The van der Waals surface area contributed by atoms with Gasteiger partial charge in [-0.1, -0.05) is 23.4 Å². The zero-order valence-electron chi connectivity index (χ0n) is 13.4. The highest BCUT2D eigenvalue weighted by molar-refractivity contribution is 6.32. The first-order chi connectivity index (χ1) is 12.8. The van der Waals surface area contributed by atoms with Gasteiger partial charge in [-0.2, -0.15) is 13.2 Å². The topological polar surface area (TPSA) is 59.0 Å². The first-order valence-corrected chi connectivity index (χ1v) is 7.82. The van der Waals surface area contributed by atoms with Gasteiger partial charge in [-0.25, -0.2) is 9.29 Å². The number of carbonyl (C=O) groups is 2. The third-order valence-electron chi connectivity index (χ3n) is 4.38. The number of imide groups is 1.